The average Bonchev–Trinajstić information content (AvgIpc) is 2.44. The zero-order valence-corrected chi connectivity index (χ0v) is 14.5. The highest BCUT2D eigenvalue weighted by atomic mass is 79.9. The van der Waals surface area contributed by atoms with Crippen LogP contribution in [0.25, 0.3) is 0 Å². The summed E-state index contributed by atoms with van der Waals surface area (Å²) in [6.45, 7) is 5.89. The second-order valence-corrected chi connectivity index (χ2v) is 5.59. The van der Waals surface area contributed by atoms with Crippen molar-refractivity contribution in [1.29, 1.82) is 0 Å². The van der Waals surface area contributed by atoms with Crippen molar-refractivity contribution >= 4 is 33.5 Å². The Morgan fingerprint density at radius 3 is 2.68 bits per heavy atom. The summed E-state index contributed by atoms with van der Waals surface area (Å²) in [4.78, 5) is 23.0. The Morgan fingerprint density at radius 1 is 1.32 bits per heavy atom. The van der Waals surface area contributed by atoms with Crippen LogP contribution in [0.2, 0.25) is 0 Å². The van der Waals surface area contributed by atoms with Gasteiger partial charge in [0.25, 0.3) is 5.91 Å². The Bertz CT molecular complexity index is 573. The van der Waals surface area contributed by atoms with Crippen molar-refractivity contribution in [2.45, 2.75) is 27.2 Å². The molecule has 2 N–H and O–H groups in total. The maximum absolute atomic E-state index is 11.7. The molecule has 0 saturated heterocycles. The number of nitrogens with one attached hydrogen (secondary N) is 2. The summed E-state index contributed by atoms with van der Waals surface area (Å²) in [5.74, 6) is 0.0735. The van der Waals surface area contributed by atoms with Crippen molar-refractivity contribution in [3.05, 3.63) is 28.2 Å². The molecule has 7 heteroatoms. The summed E-state index contributed by atoms with van der Waals surface area (Å²) >= 11 is 3.37. The summed E-state index contributed by atoms with van der Waals surface area (Å²) in [7, 11) is 0. The third-order valence-corrected chi connectivity index (χ3v) is 3.23. The molecule has 0 unspecified atom stereocenters. The predicted octanol–water partition coefficient (Wildman–Crippen LogP) is 2.15. The van der Waals surface area contributed by atoms with Crippen molar-refractivity contribution in [1.82, 2.24) is 10.7 Å². The van der Waals surface area contributed by atoms with E-state index in [1.54, 1.807) is 13.0 Å². The first-order valence-electron chi connectivity index (χ1n) is 6.90. The smallest absolute Gasteiger partial charge is 0.277 e. The van der Waals surface area contributed by atoms with Crippen LogP contribution >= 0.6 is 15.9 Å². The first-order valence-corrected chi connectivity index (χ1v) is 7.69. The lowest BCUT2D eigenvalue weighted by molar-refractivity contribution is -0.123. The molecule has 0 atom stereocenters. The second kappa shape index (κ2) is 9.19. The minimum atomic E-state index is -0.386. The molecule has 0 radical (unpaired) electrons. The van der Waals surface area contributed by atoms with E-state index in [1.165, 1.54) is 0 Å². The molecule has 0 aliphatic rings. The number of aryl methyl sites for hydroxylation is 1. The molecule has 0 spiro atoms. The SMILES string of the molecule is CCNC(=O)CC(C)=NNC(=O)COc1ccc(C)cc1Br. The van der Waals surface area contributed by atoms with E-state index in [2.05, 4.69) is 31.8 Å². The molecule has 0 aliphatic carbocycles. The summed E-state index contributed by atoms with van der Waals surface area (Å²) in [5.41, 5.74) is 3.98. The number of carbonyl (C=O) groups excluding carboxylic acids is 2. The van der Waals surface area contributed by atoms with Gasteiger partial charge in [0.2, 0.25) is 5.91 Å². The van der Waals surface area contributed by atoms with Crippen LogP contribution in [0, 0.1) is 6.92 Å². The number of hydrogen-bond acceptors (Lipinski definition) is 4. The molecular weight excluding hydrogens is 350 g/mol. The van der Waals surface area contributed by atoms with E-state index in [-0.39, 0.29) is 24.8 Å². The molecule has 1 aromatic rings. The number of ether oxygens (including phenoxy) is 1. The standard InChI is InChI=1S/C15H20BrN3O3/c1-4-17-14(20)8-11(3)18-19-15(21)9-22-13-6-5-10(2)7-12(13)16/h5-7H,4,8-9H2,1-3H3,(H,17,20)(H,19,21). The van der Waals surface area contributed by atoms with Gasteiger partial charge < -0.3 is 10.1 Å². The fraction of sp³-hybridized carbons (Fsp3) is 0.400. The van der Waals surface area contributed by atoms with E-state index in [0.717, 1.165) is 10.0 Å². The Kier molecular flexibility index (Phi) is 7.59. The first-order chi connectivity index (χ1) is 10.4. The summed E-state index contributed by atoms with van der Waals surface area (Å²) in [6.07, 6.45) is 0.151. The molecule has 22 heavy (non-hydrogen) atoms. The minimum absolute atomic E-state index is 0.127. The quantitative estimate of drug-likeness (QED) is 0.570. The van der Waals surface area contributed by atoms with Crippen LogP contribution in [0.3, 0.4) is 0 Å². The normalized spacial score (nSPS) is 11.0. The van der Waals surface area contributed by atoms with Crippen molar-refractivity contribution in [2.24, 2.45) is 5.10 Å². The van der Waals surface area contributed by atoms with Crippen LogP contribution in [0.15, 0.2) is 27.8 Å². The second-order valence-electron chi connectivity index (χ2n) is 4.73. The molecule has 2 amide bonds. The highest BCUT2D eigenvalue weighted by molar-refractivity contribution is 9.10. The van der Waals surface area contributed by atoms with Gasteiger partial charge in [-0.1, -0.05) is 6.07 Å². The molecular formula is C15H20BrN3O3. The predicted molar refractivity (Wildman–Crippen MR) is 88.9 cm³/mol. The number of amides is 2. The first kappa shape index (κ1) is 18.2. The van der Waals surface area contributed by atoms with Gasteiger partial charge in [0.1, 0.15) is 5.75 Å². The third kappa shape index (κ3) is 6.71. The van der Waals surface area contributed by atoms with Gasteiger partial charge in [0, 0.05) is 12.3 Å². The zero-order chi connectivity index (χ0) is 16.5. The zero-order valence-electron chi connectivity index (χ0n) is 12.9. The molecule has 1 rings (SSSR count). The van der Waals surface area contributed by atoms with Gasteiger partial charge in [0.15, 0.2) is 6.61 Å². The summed E-state index contributed by atoms with van der Waals surface area (Å²) in [6, 6.07) is 5.59. The van der Waals surface area contributed by atoms with Crippen molar-refractivity contribution in [2.75, 3.05) is 13.2 Å². The van der Waals surface area contributed by atoms with E-state index >= 15 is 0 Å². The van der Waals surface area contributed by atoms with Gasteiger partial charge in [-0.2, -0.15) is 5.10 Å². The van der Waals surface area contributed by atoms with Crippen LogP contribution < -0.4 is 15.5 Å². The van der Waals surface area contributed by atoms with E-state index in [1.807, 2.05) is 26.0 Å². The van der Waals surface area contributed by atoms with E-state index < -0.39 is 0 Å². The fourth-order valence-electron chi connectivity index (χ4n) is 1.59. The molecule has 120 valence electrons. The number of hydrazone groups is 1. The van der Waals surface area contributed by atoms with Gasteiger partial charge >= 0.3 is 0 Å². The molecule has 1 aromatic carbocycles. The fourth-order valence-corrected chi connectivity index (χ4v) is 2.20. The molecule has 0 saturated carbocycles. The molecule has 0 fully saturated rings. The maximum Gasteiger partial charge on any atom is 0.277 e. The maximum atomic E-state index is 11.7. The van der Waals surface area contributed by atoms with Gasteiger partial charge in [-0.25, -0.2) is 5.43 Å². The number of rotatable bonds is 7. The Hall–Kier alpha value is -1.89. The lowest BCUT2D eigenvalue weighted by atomic mass is 10.2. The van der Waals surface area contributed by atoms with E-state index in [9.17, 15) is 9.59 Å². The van der Waals surface area contributed by atoms with Gasteiger partial charge in [-0.15, -0.1) is 0 Å². The largest absolute Gasteiger partial charge is 0.483 e. The summed E-state index contributed by atoms with van der Waals surface area (Å²) < 4.78 is 6.19. The lowest BCUT2D eigenvalue weighted by Gasteiger charge is -2.08. The summed E-state index contributed by atoms with van der Waals surface area (Å²) in [5, 5.41) is 6.52. The van der Waals surface area contributed by atoms with Crippen LogP contribution in [-0.2, 0) is 9.59 Å². The number of carbonyl (C=O) groups is 2. The van der Waals surface area contributed by atoms with Crippen LogP contribution in [0.4, 0.5) is 0 Å². The number of hydrogen-bond donors (Lipinski definition) is 2. The monoisotopic (exact) mass is 369 g/mol. The van der Waals surface area contributed by atoms with Crippen molar-refractivity contribution in [3.8, 4) is 5.75 Å². The highest BCUT2D eigenvalue weighted by Crippen LogP contribution is 2.25. The topological polar surface area (TPSA) is 79.8 Å². The van der Waals surface area contributed by atoms with E-state index in [0.29, 0.717) is 18.0 Å². The number of halogens is 1. The number of nitrogens with zero attached hydrogens (tertiary/aromatic N) is 1. The van der Waals surface area contributed by atoms with Crippen molar-refractivity contribution in [3.63, 3.8) is 0 Å². The molecule has 0 aromatic heterocycles. The van der Waals surface area contributed by atoms with Crippen LogP contribution in [-0.4, -0.2) is 30.7 Å². The third-order valence-electron chi connectivity index (χ3n) is 2.61. The van der Waals surface area contributed by atoms with E-state index in [4.69, 9.17) is 4.74 Å². The highest BCUT2D eigenvalue weighted by Gasteiger charge is 2.06. The van der Waals surface area contributed by atoms with Crippen molar-refractivity contribution < 1.29 is 14.3 Å². The molecule has 0 heterocycles. The molecule has 0 aliphatic heterocycles. The van der Waals surface area contributed by atoms with Gasteiger partial charge in [-0.05, 0) is 54.4 Å². The van der Waals surface area contributed by atoms with Crippen LogP contribution in [0.1, 0.15) is 25.8 Å². The number of benzene rings is 1. The average molecular weight is 370 g/mol. The lowest BCUT2D eigenvalue weighted by Crippen LogP contribution is -2.28. The van der Waals surface area contributed by atoms with Gasteiger partial charge in [0.05, 0.1) is 10.9 Å². The molecule has 0 bridgehead atoms. The molecule has 6 nitrogen and oxygen atoms in total. The Morgan fingerprint density at radius 2 is 2.05 bits per heavy atom. The van der Waals surface area contributed by atoms with Gasteiger partial charge in [-0.3, -0.25) is 9.59 Å². The Labute approximate surface area is 138 Å². The minimum Gasteiger partial charge on any atom is -0.483 e. The van der Waals surface area contributed by atoms with Crippen LogP contribution in [0.5, 0.6) is 5.75 Å². The Balaban J connectivity index is 2.41.